The Morgan fingerprint density at radius 2 is 2.06 bits per heavy atom. The molecule has 4 heteroatoms. The smallest absolute Gasteiger partial charge is 0.387 e. The standard InChI is InChI=1S/C12H14F2O2/c1-4-9-7(2)11(16-12(13)14)6-5-10(9)8(3)15/h5-6,12H,4H2,1-3H3. The molecule has 0 saturated carbocycles. The number of rotatable bonds is 4. The third-order valence-electron chi connectivity index (χ3n) is 2.50. The van der Waals surface area contributed by atoms with Crippen molar-refractivity contribution in [1.29, 1.82) is 0 Å². The first-order chi connectivity index (χ1) is 7.47. The molecule has 0 amide bonds. The Morgan fingerprint density at radius 3 is 2.50 bits per heavy atom. The maximum Gasteiger partial charge on any atom is 0.387 e. The van der Waals surface area contributed by atoms with Crippen molar-refractivity contribution in [1.82, 2.24) is 0 Å². The van der Waals surface area contributed by atoms with Gasteiger partial charge in [-0.2, -0.15) is 8.78 Å². The molecule has 16 heavy (non-hydrogen) atoms. The molecule has 0 saturated heterocycles. The Kier molecular flexibility index (Phi) is 3.99. The maximum absolute atomic E-state index is 12.1. The van der Waals surface area contributed by atoms with Crippen LogP contribution in [0.15, 0.2) is 12.1 Å². The molecule has 0 atom stereocenters. The van der Waals surface area contributed by atoms with Gasteiger partial charge in [0.1, 0.15) is 5.75 Å². The van der Waals surface area contributed by atoms with Crippen molar-refractivity contribution >= 4 is 5.78 Å². The van der Waals surface area contributed by atoms with Crippen molar-refractivity contribution in [2.75, 3.05) is 0 Å². The van der Waals surface area contributed by atoms with E-state index in [1.807, 2.05) is 6.92 Å². The number of benzene rings is 1. The van der Waals surface area contributed by atoms with Crippen molar-refractivity contribution < 1.29 is 18.3 Å². The molecule has 1 rings (SSSR count). The van der Waals surface area contributed by atoms with E-state index in [1.165, 1.54) is 19.1 Å². The van der Waals surface area contributed by atoms with Crippen LogP contribution in [-0.2, 0) is 6.42 Å². The van der Waals surface area contributed by atoms with Crippen LogP contribution in [-0.4, -0.2) is 12.4 Å². The monoisotopic (exact) mass is 228 g/mol. The average Bonchev–Trinajstić information content (AvgIpc) is 2.19. The van der Waals surface area contributed by atoms with Gasteiger partial charge < -0.3 is 4.74 Å². The van der Waals surface area contributed by atoms with Gasteiger partial charge >= 0.3 is 6.61 Å². The van der Waals surface area contributed by atoms with Crippen LogP contribution >= 0.6 is 0 Å². The number of carbonyl (C=O) groups excluding carboxylic acids is 1. The van der Waals surface area contributed by atoms with Crippen LogP contribution in [0.4, 0.5) is 8.78 Å². The lowest BCUT2D eigenvalue weighted by Gasteiger charge is -2.14. The summed E-state index contributed by atoms with van der Waals surface area (Å²) in [5.41, 5.74) is 1.95. The molecule has 0 aliphatic carbocycles. The van der Waals surface area contributed by atoms with Gasteiger partial charge in [-0.15, -0.1) is 0 Å². The molecule has 0 fully saturated rings. The SMILES string of the molecule is CCc1c(C(C)=O)ccc(OC(F)F)c1C. The van der Waals surface area contributed by atoms with Crippen LogP contribution in [0.1, 0.15) is 35.3 Å². The molecular weight excluding hydrogens is 214 g/mol. The van der Waals surface area contributed by atoms with E-state index in [2.05, 4.69) is 4.74 Å². The van der Waals surface area contributed by atoms with E-state index in [9.17, 15) is 13.6 Å². The van der Waals surface area contributed by atoms with Crippen LogP contribution in [0.5, 0.6) is 5.75 Å². The number of hydrogen-bond donors (Lipinski definition) is 0. The molecule has 0 bridgehead atoms. The van der Waals surface area contributed by atoms with Crippen LogP contribution in [0.3, 0.4) is 0 Å². The van der Waals surface area contributed by atoms with Gasteiger partial charge in [0.2, 0.25) is 0 Å². The summed E-state index contributed by atoms with van der Waals surface area (Å²) < 4.78 is 28.6. The van der Waals surface area contributed by atoms with E-state index < -0.39 is 6.61 Å². The zero-order chi connectivity index (χ0) is 12.3. The predicted molar refractivity (Wildman–Crippen MR) is 57.2 cm³/mol. The Labute approximate surface area is 93.2 Å². The minimum atomic E-state index is -2.84. The van der Waals surface area contributed by atoms with Crippen molar-refractivity contribution in [2.45, 2.75) is 33.8 Å². The number of halogens is 2. The van der Waals surface area contributed by atoms with E-state index in [-0.39, 0.29) is 11.5 Å². The quantitative estimate of drug-likeness (QED) is 0.738. The normalized spacial score (nSPS) is 10.6. The zero-order valence-electron chi connectivity index (χ0n) is 9.51. The van der Waals surface area contributed by atoms with Gasteiger partial charge in [0.15, 0.2) is 5.78 Å². The second-order valence-electron chi connectivity index (χ2n) is 3.50. The second kappa shape index (κ2) is 5.05. The van der Waals surface area contributed by atoms with Gasteiger partial charge in [0, 0.05) is 5.56 Å². The minimum absolute atomic E-state index is 0.0662. The van der Waals surface area contributed by atoms with E-state index in [1.54, 1.807) is 6.92 Å². The Morgan fingerprint density at radius 1 is 1.44 bits per heavy atom. The third-order valence-corrected chi connectivity index (χ3v) is 2.50. The van der Waals surface area contributed by atoms with Gasteiger partial charge in [-0.1, -0.05) is 6.92 Å². The van der Waals surface area contributed by atoms with E-state index in [0.29, 0.717) is 17.5 Å². The molecule has 1 aromatic carbocycles. The number of ketones is 1. The number of alkyl halides is 2. The molecular formula is C12H14F2O2. The fraction of sp³-hybridized carbons (Fsp3) is 0.417. The highest BCUT2D eigenvalue weighted by molar-refractivity contribution is 5.96. The fourth-order valence-electron chi connectivity index (χ4n) is 1.74. The first kappa shape index (κ1) is 12.6. The highest BCUT2D eigenvalue weighted by Crippen LogP contribution is 2.27. The van der Waals surface area contributed by atoms with E-state index >= 15 is 0 Å². The van der Waals surface area contributed by atoms with Crippen molar-refractivity contribution in [3.05, 3.63) is 28.8 Å². The molecule has 0 aliphatic rings. The first-order valence-corrected chi connectivity index (χ1v) is 5.05. The van der Waals surface area contributed by atoms with E-state index in [0.717, 1.165) is 5.56 Å². The van der Waals surface area contributed by atoms with Crippen molar-refractivity contribution in [2.24, 2.45) is 0 Å². The summed E-state index contributed by atoms with van der Waals surface area (Å²) in [6.45, 7) is 2.18. The van der Waals surface area contributed by atoms with Crippen molar-refractivity contribution in [3.8, 4) is 5.75 Å². The summed E-state index contributed by atoms with van der Waals surface area (Å²) in [5, 5.41) is 0. The molecule has 88 valence electrons. The van der Waals surface area contributed by atoms with Gasteiger partial charge in [-0.05, 0) is 43.5 Å². The summed E-state index contributed by atoms with van der Waals surface area (Å²) in [6.07, 6.45) is 0.612. The summed E-state index contributed by atoms with van der Waals surface area (Å²) >= 11 is 0. The zero-order valence-corrected chi connectivity index (χ0v) is 9.51. The van der Waals surface area contributed by atoms with Gasteiger partial charge in [0.25, 0.3) is 0 Å². The van der Waals surface area contributed by atoms with Crippen LogP contribution in [0.25, 0.3) is 0 Å². The molecule has 0 spiro atoms. The maximum atomic E-state index is 12.1. The van der Waals surface area contributed by atoms with Gasteiger partial charge in [-0.3, -0.25) is 4.79 Å². The minimum Gasteiger partial charge on any atom is -0.435 e. The Bertz CT molecular complexity index is 400. The molecule has 0 aromatic heterocycles. The molecule has 0 aliphatic heterocycles. The molecule has 2 nitrogen and oxygen atoms in total. The lowest BCUT2D eigenvalue weighted by Crippen LogP contribution is -2.07. The van der Waals surface area contributed by atoms with Gasteiger partial charge in [0.05, 0.1) is 0 Å². The van der Waals surface area contributed by atoms with Crippen LogP contribution < -0.4 is 4.74 Å². The molecule has 0 heterocycles. The average molecular weight is 228 g/mol. The number of Topliss-reactive ketones (excluding diaryl/α,β-unsaturated/α-hetero) is 1. The highest BCUT2D eigenvalue weighted by Gasteiger charge is 2.14. The summed E-state index contributed by atoms with van der Waals surface area (Å²) in [6, 6.07) is 2.95. The van der Waals surface area contributed by atoms with E-state index in [4.69, 9.17) is 0 Å². The van der Waals surface area contributed by atoms with Crippen molar-refractivity contribution in [3.63, 3.8) is 0 Å². The van der Waals surface area contributed by atoms with Crippen LogP contribution in [0, 0.1) is 6.92 Å². The lowest BCUT2D eigenvalue weighted by atomic mass is 9.96. The first-order valence-electron chi connectivity index (χ1n) is 5.05. The lowest BCUT2D eigenvalue weighted by molar-refractivity contribution is -0.0503. The summed E-state index contributed by atoms with van der Waals surface area (Å²) in [4.78, 5) is 11.3. The molecule has 0 unspecified atom stereocenters. The second-order valence-corrected chi connectivity index (χ2v) is 3.50. The topological polar surface area (TPSA) is 26.3 Å². The Hall–Kier alpha value is -1.45. The van der Waals surface area contributed by atoms with Gasteiger partial charge in [-0.25, -0.2) is 0 Å². The predicted octanol–water partition coefficient (Wildman–Crippen LogP) is 3.36. The molecule has 1 aromatic rings. The fourth-order valence-corrected chi connectivity index (χ4v) is 1.74. The third kappa shape index (κ3) is 2.56. The van der Waals surface area contributed by atoms with Crippen LogP contribution in [0.2, 0.25) is 0 Å². The summed E-state index contributed by atoms with van der Waals surface area (Å²) in [7, 11) is 0. The largest absolute Gasteiger partial charge is 0.435 e. The Balaban J connectivity index is 3.23. The number of carbonyl (C=O) groups is 1. The number of ether oxygens (including phenoxy) is 1. The summed E-state index contributed by atoms with van der Waals surface area (Å²) in [5.74, 6) is 0.0698. The molecule has 0 N–H and O–H groups in total. The number of hydrogen-bond acceptors (Lipinski definition) is 2. The molecule has 0 radical (unpaired) electrons. The highest BCUT2D eigenvalue weighted by atomic mass is 19.3.